The molecule has 0 aromatic heterocycles. The fraction of sp³-hybridized carbons (Fsp3) is 1.00. The number of nitrogens with two attached hydrogens (primary N) is 1. The van der Waals surface area contributed by atoms with E-state index in [-0.39, 0.29) is 12.1 Å². The van der Waals surface area contributed by atoms with Gasteiger partial charge in [-0.3, -0.25) is 4.39 Å². The van der Waals surface area contributed by atoms with E-state index in [1.807, 2.05) is 0 Å². The van der Waals surface area contributed by atoms with Crippen molar-refractivity contribution in [3.63, 3.8) is 0 Å². The van der Waals surface area contributed by atoms with Crippen molar-refractivity contribution in [1.29, 1.82) is 0 Å². The molecule has 1 aliphatic carbocycles. The molecule has 1 fully saturated rings. The Morgan fingerprint density at radius 1 is 1.62 bits per heavy atom. The van der Waals surface area contributed by atoms with E-state index in [0.717, 1.165) is 12.8 Å². The second-order valence-corrected chi connectivity index (χ2v) is 2.44. The van der Waals surface area contributed by atoms with E-state index in [9.17, 15) is 4.39 Å². The normalized spacial score (nSPS) is 23.2. The Bertz CT molecular complexity index is 82.5. The second kappa shape index (κ2) is 1.99. The van der Waals surface area contributed by atoms with Crippen molar-refractivity contribution in [3.8, 4) is 0 Å². The molecule has 0 radical (unpaired) electrons. The molecule has 2 N–H and O–H groups in total. The van der Waals surface area contributed by atoms with E-state index >= 15 is 0 Å². The quantitative estimate of drug-likeness (QED) is 0.553. The van der Waals surface area contributed by atoms with Crippen LogP contribution in [0.1, 0.15) is 12.8 Å². The van der Waals surface area contributed by atoms with Crippen LogP contribution in [-0.2, 0) is 4.84 Å². The van der Waals surface area contributed by atoms with Crippen LogP contribution in [-0.4, -0.2) is 13.3 Å². The fourth-order valence-corrected chi connectivity index (χ4v) is 0.670. The summed E-state index contributed by atoms with van der Waals surface area (Å²) in [6.07, 6.45) is 1.86. The summed E-state index contributed by atoms with van der Waals surface area (Å²) in [6, 6.07) is 0. The van der Waals surface area contributed by atoms with Crippen molar-refractivity contribution in [2.75, 3.05) is 13.3 Å². The van der Waals surface area contributed by atoms with Gasteiger partial charge < -0.3 is 4.84 Å². The summed E-state index contributed by atoms with van der Waals surface area (Å²) in [5, 5.41) is 0. The van der Waals surface area contributed by atoms with Gasteiger partial charge in [0.15, 0.2) is 0 Å². The van der Waals surface area contributed by atoms with Crippen LogP contribution in [0, 0.1) is 5.41 Å². The molecule has 0 unspecified atom stereocenters. The predicted octanol–water partition coefficient (Wildman–Crippen LogP) is 0.626. The minimum absolute atomic E-state index is 0.172. The van der Waals surface area contributed by atoms with Gasteiger partial charge in [-0.1, -0.05) is 0 Å². The number of alkyl halides is 1. The Hall–Kier alpha value is -0.150. The zero-order valence-electron chi connectivity index (χ0n) is 4.69. The van der Waals surface area contributed by atoms with Crippen molar-refractivity contribution in [2.45, 2.75) is 12.8 Å². The molecule has 0 spiro atoms. The molecule has 2 nitrogen and oxygen atoms in total. The Labute approximate surface area is 47.8 Å². The molecule has 0 aromatic carbocycles. The zero-order valence-corrected chi connectivity index (χ0v) is 4.69. The molecule has 0 heterocycles. The Kier molecular flexibility index (Phi) is 1.49. The third kappa shape index (κ3) is 0.980. The Morgan fingerprint density at radius 3 is 2.38 bits per heavy atom. The minimum atomic E-state index is -0.288. The van der Waals surface area contributed by atoms with Crippen LogP contribution < -0.4 is 5.90 Å². The van der Waals surface area contributed by atoms with Crippen LogP contribution in [0.3, 0.4) is 0 Å². The lowest BCUT2D eigenvalue weighted by atomic mass is 10.1. The van der Waals surface area contributed by atoms with E-state index in [2.05, 4.69) is 4.84 Å². The minimum Gasteiger partial charge on any atom is -0.304 e. The molecule has 0 amide bonds. The predicted molar refractivity (Wildman–Crippen MR) is 27.8 cm³/mol. The number of halogens is 1. The highest BCUT2D eigenvalue weighted by Crippen LogP contribution is 2.45. The highest BCUT2D eigenvalue weighted by atomic mass is 19.1. The van der Waals surface area contributed by atoms with Gasteiger partial charge in [0, 0.05) is 5.41 Å². The number of rotatable bonds is 3. The van der Waals surface area contributed by atoms with Gasteiger partial charge in [-0.25, -0.2) is 5.90 Å². The summed E-state index contributed by atoms with van der Waals surface area (Å²) in [5.74, 6) is 4.76. The van der Waals surface area contributed by atoms with Crippen molar-refractivity contribution in [1.82, 2.24) is 0 Å². The standard InChI is InChI=1S/C5H10FNO/c6-3-5(1-2-5)4-8-7/h1-4,7H2. The summed E-state index contributed by atoms with van der Waals surface area (Å²) in [4.78, 5) is 4.32. The first-order chi connectivity index (χ1) is 3.83. The summed E-state index contributed by atoms with van der Waals surface area (Å²) in [6.45, 7) is 0.0910. The molecular formula is C5H10FNO. The third-order valence-corrected chi connectivity index (χ3v) is 1.63. The second-order valence-electron chi connectivity index (χ2n) is 2.44. The molecule has 0 bridgehead atoms. The van der Waals surface area contributed by atoms with E-state index < -0.39 is 0 Å². The van der Waals surface area contributed by atoms with Gasteiger partial charge >= 0.3 is 0 Å². The van der Waals surface area contributed by atoms with Gasteiger partial charge in [0.2, 0.25) is 0 Å². The first kappa shape index (κ1) is 5.98. The molecule has 0 aromatic rings. The maximum Gasteiger partial charge on any atom is 0.0973 e. The van der Waals surface area contributed by atoms with Crippen LogP contribution in [0.4, 0.5) is 4.39 Å². The fourth-order valence-electron chi connectivity index (χ4n) is 0.670. The molecule has 1 saturated carbocycles. The highest BCUT2D eigenvalue weighted by Gasteiger charge is 2.43. The lowest BCUT2D eigenvalue weighted by Crippen LogP contribution is -2.15. The van der Waals surface area contributed by atoms with Crippen LogP contribution >= 0.6 is 0 Å². The molecular weight excluding hydrogens is 109 g/mol. The van der Waals surface area contributed by atoms with Crippen LogP contribution in [0.5, 0.6) is 0 Å². The molecule has 48 valence electrons. The molecule has 0 aliphatic heterocycles. The van der Waals surface area contributed by atoms with Crippen LogP contribution in [0.15, 0.2) is 0 Å². The number of hydrogen-bond donors (Lipinski definition) is 1. The van der Waals surface area contributed by atoms with Gasteiger partial charge in [-0.2, -0.15) is 0 Å². The summed E-state index contributed by atoms with van der Waals surface area (Å²) in [5.41, 5.74) is -0.172. The van der Waals surface area contributed by atoms with E-state index in [4.69, 9.17) is 5.90 Å². The summed E-state index contributed by atoms with van der Waals surface area (Å²) >= 11 is 0. The van der Waals surface area contributed by atoms with E-state index in [0.29, 0.717) is 6.61 Å². The van der Waals surface area contributed by atoms with Crippen molar-refractivity contribution >= 4 is 0 Å². The van der Waals surface area contributed by atoms with Crippen molar-refractivity contribution in [3.05, 3.63) is 0 Å². The van der Waals surface area contributed by atoms with E-state index in [1.165, 1.54) is 0 Å². The van der Waals surface area contributed by atoms with Gasteiger partial charge in [-0.05, 0) is 12.8 Å². The average Bonchev–Trinajstić information content (AvgIpc) is 2.50. The molecule has 1 aliphatic rings. The molecule has 3 heteroatoms. The first-order valence-electron chi connectivity index (χ1n) is 2.71. The largest absolute Gasteiger partial charge is 0.304 e. The summed E-state index contributed by atoms with van der Waals surface area (Å²) in [7, 11) is 0. The number of hydrogen-bond acceptors (Lipinski definition) is 2. The monoisotopic (exact) mass is 119 g/mol. The summed E-state index contributed by atoms with van der Waals surface area (Å²) < 4.78 is 11.9. The zero-order chi connectivity index (χ0) is 6.04. The van der Waals surface area contributed by atoms with Crippen LogP contribution in [0.25, 0.3) is 0 Å². The van der Waals surface area contributed by atoms with Crippen LogP contribution in [0.2, 0.25) is 0 Å². The first-order valence-corrected chi connectivity index (χ1v) is 2.71. The lowest BCUT2D eigenvalue weighted by Gasteiger charge is -2.05. The Morgan fingerprint density at radius 2 is 2.25 bits per heavy atom. The van der Waals surface area contributed by atoms with Crippen molar-refractivity contribution in [2.24, 2.45) is 11.3 Å². The molecule has 0 saturated heterocycles. The molecule has 1 rings (SSSR count). The van der Waals surface area contributed by atoms with Gasteiger partial charge in [0.05, 0.1) is 13.3 Å². The average molecular weight is 119 g/mol. The highest BCUT2D eigenvalue weighted by molar-refractivity contribution is 4.92. The van der Waals surface area contributed by atoms with Gasteiger partial charge in [0.1, 0.15) is 0 Å². The maximum atomic E-state index is 11.9. The molecule has 8 heavy (non-hydrogen) atoms. The smallest absolute Gasteiger partial charge is 0.0973 e. The van der Waals surface area contributed by atoms with E-state index in [1.54, 1.807) is 0 Å². The maximum absolute atomic E-state index is 11.9. The topological polar surface area (TPSA) is 35.2 Å². The lowest BCUT2D eigenvalue weighted by molar-refractivity contribution is 0.0802. The third-order valence-electron chi connectivity index (χ3n) is 1.63. The Balaban J connectivity index is 2.20. The van der Waals surface area contributed by atoms with Gasteiger partial charge in [0.25, 0.3) is 0 Å². The van der Waals surface area contributed by atoms with Crippen molar-refractivity contribution < 1.29 is 9.23 Å². The SMILES string of the molecule is NOCC1(CF)CC1. The van der Waals surface area contributed by atoms with Gasteiger partial charge in [-0.15, -0.1) is 0 Å². The molecule has 0 atom stereocenters.